The van der Waals surface area contributed by atoms with E-state index in [9.17, 15) is 32.7 Å². The van der Waals surface area contributed by atoms with Crippen LogP contribution in [0.25, 0.3) is 10.8 Å². The molecule has 0 aliphatic heterocycles. The average Bonchev–Trinajstić information content (AvgIpc) is 2.60. The topological polar surface area (TPSA) is 83.5 Å². The summed E-state index contributed by atoms with van der Waals surface area (Å²) in [6, 6.07) is 10.8. The van der Waals surface area contributed by atoms with E-state index in [1.165, 1.54) is 0 Å². The van der Waals surface area contributed by atoms with Gasteiger partial charge >= 0.3 is 12.1 Å². The van der Waals surface area contributed by atoms with Gasteiger partial charge in [-0.2, -0.15) is 13.2 Å². The van der Waals surface area contributed by atoms with E-state index in [2.05, 4.69) is 0 Å². The van der Waals surface area contributed by atoms with E-state index < -0.39 is 40.9 Å². The molecular formula is C19H18F3NO4S. The number of hydrogen-bond donors (Lipinski definition) is 2. The Hall–Kier alpha value is -2.55. The number of hydrogen-bond acceptors (Lipinski definition) is 4. The summed E-state index contributed by atoms with van der Waals surface area (Å²) in [5, 5.41) is 12.4. The summed E-state index contributed by atoms with van der Waals surface area (Å²) in [5.74, 6) is -6.18. The van der Waals surface area contributed by atoms with Crippen molar-refractivity contribution in [2.75, 3.05) is 5.75 Å². The quantitative estimate of drug-likeness (QED) is 0.727. The van der Waals surface area contributed by atoms with Crippen LogP contribution in [0.3, 0.4) is 0 Å². The van der Waals surface area contributed by atoms with Gasteiger partial charge < -0.3 is 10.4 Å². The number of fused-ring (bicyclic) bond motifs is 1. The second kappa shape index (κ2) is 9.09. The molecule has 2 N–H and O–H groups in total. The molecular weight excluding hydrogens is 395 g/mol. The molecule has 0 aliphatic carbocycles. The molecule has 2 rings (SSSR count). The van der Waals surface area contributed by atoms with E-state index in [1.54, 1.807) is 24.3 Å². The van der Waals surface area contributed by atoms with Crippen LogP contribution in [0.1, 0.15) is 12.5 Å². The zero-order valence-electron chi connectivity index (χ0n) is 14.8. The third-order valence-corrected chi connectivity index (χ3v) is 4.99. The number of halogens is 3. The van der Waals surface area contributed by atoms with Crippen molar-refractivity contribution in [1.29, 1.82) is 0 Å². The van der Waals surface area contributed by atoms with E-state index in [0.29, 0.717) is 17.3 Å². The Morgan fingerprint density at radius 2 is 1.75 bits per heavy atom. The number of nitrogens with one attached hydrogen (secondary N) is 1. The van der Waals surface area contributed by atoms with Crippen LogP contribution >= 0.6 is 11.8 Å². The van der Waals surface area contributed by atoms with Crippen LogP contribution in [0, 0.1) is 5.92 Å². The van der Waals surface area contributed by atoms with Gasteiger partial charge in [0.1, 0.15) is 12.0 Å². The van der Waals surface area contributed by atoms with E-state index in [-0.39, 0.29) is 6.42 Å². The summed E-state index contributed by atoms with van der Waals surface area (Å²) in [5.41, 5.74) is 0.590. The number of rotatable bonds is 7. The van der Waals surface area contributed by atoms with Crippen LogP contribution in [-0.4, -0.2) is 40.1 Å². The first-order chi connectivity index (χ1) is 13.1. The SMILES string of the molecule is CC(=O)SCC(C(=O)N[C@@H](Cc1cccc2ccccc12)C(=O)O)C(F)(F)F. The molecule has 0 radical (unpaired) electrons. The predicted octanol–water partition coefficient (Wildman–Crippen LogP) is 3.41. The normalized spacial score (nSPS) is 13.7. The molecule has 1 amide bonds. The maximum absolute atomic E-state index is 13.2. The molecule has 0 saturated heterocycles. The first-order valence-corrected chi connectivity index (χ1v) is 9.28. The largest absolute Gasteiger partial charge is 0.480 e. The van der Waals surface area contributed by atoms with Crippen LogP contribution in [-0.2, 0) is 20.8 Å². The molecule has 28 heavy (non-hydrogen) atoms. The standard InChI is InChI=1S/C19H18F3NO4S/c1-11(24)28-10-15(19(20,21)22)17(25)23-16(18(26)27)9-13-7-4-6-12-5-2-3-8-14(12)13/h2-8,15-16H,9-10H2,1H3,(H,23,25)(H,26,27)/t15?,16-/m0/s1. The Balaban J connectivity index is 2.22. The van der Waals surface area contributed by atoms with Crippen LogP contribution in [0.15, 0.2) is 42.5 Å². The fourth-order valence-electron chi connectivity index (χ4n) is 2.68. The number of amides is 1. The van der Waals surface area contributed by atoms with Gasteiger partial charge in [-0.1, -0.05) is 54.2 Å². The van der Waals surface area contributed by atoms with Crippen LogP contribution < -0.4 is 5.32 Å². The fourth-order valence-corrected chi connectivity index (χ4v) is 3.42. The van der Waals surface area contributed by atoms with Gasteiger partial charge in [0.2, 0.25) is 5.91 Å². The monoisotopic (exact) mass is 413 g/mol. The maximum atomic E-state index is 13.2. The molecule has 0 heterocycles. The molecule has 0 aromatic heterocycles. The minimum absolute atomic E-state index is 0.174. The lowest BCUT2D eigenvalue weighted by Gasteiger charge is -2.22. The summed E-state index contributed by atoms with van der Waals surface area (Å²) in [7, 11) is 0. The number of carboxylic acids is 1. The van der Waals surface area contributed by atoms with Crippen molar-refractivity contribution < 1.29 is 32.7 Å². The minimum Gasteiger partial charge on any atom is -0.480 e. The van der Waals surface area contributed by atoms with Crippen molar-refractivity contribution in [3.8, 4) is 0 Å². The van der Waals surface area contributed by atoms with Crippen LogP contribution in [0.5, 0.6) is 0 Å². The van der Waals surface area contributed by atoms with Gasteiger partial charge in [-0.25, -0.2) is 4.79 Å². The lowest BCUT2D eigenvalue weighted by molar-refractivity contribution is -0.179. The molecule has 0 spiro atoms. The van der Waals surface area contributed by atoms with Crippen molar-refractivity contribution in [3.05, 3.63) is 48.0 Å². The maximum Gasteiger partial charge on any atom is 0.401 e. The average molecular weight is 413 g/mol. The first kappa shape index (κ1) is 21.7. The summed E-state index contributed by atoms with van der Waals surface area (Å²) in [6.45, 7) is 1.09. The first-order valence-electron chi connectivity index (χ1n) is 8.29. The van der Waals surface area contributed by atoms with Crippen LogP contribution in [0.2, 0.25) is 0 Å². The van der Waals surface area contributed by atoms with Gasteiger partial charge in [0.15, 0.2) is 5.12 Å². The Kier molecular flexibility index (Phi) is 7.06. The second-order valence-electron chi connectivity index (χ2n) is 6.14. The molecule has 2 aromatic carbocycles. The van der Waals surface area contributed by atoms with Gasteiger partial charge in [-0.15, -0.1) is 0 Å². The predicted molar refractivity (Wildman–Crippen MR) is 99.9 cm³/mol. The summed E-state index contributed by atoms with van der Waals surface area (Å²) < 4.78 is 39.5. The molecule has 2 aromatic rings. The second-order valence-corrected chi connectivity index (χ2v) is 7.34. The molecule has 0 fully saturated rings. The Morgan fingerprint density at radius 1 is 1.11 bits per heavy atom. The van der Waals surface area contributed by atoms with Gasteiger partial charge in [-0.3, -0.25) is 9.59 Å². The summed E-state index contributed by atoms with van der Waals surface area (Å²) in [6.07, 6.45) is -5.07. The lowest BCUT2D eigenvalue weighted by atomic mass is 9.98. The lowest BCUT2D eigenvalue weighted by Crippen LogP contribution is -2.49. The zero-order valence-corrected chi connectivity index (χ0v) is 15.6. The van der Waals surface area contributed by atoms with Crippen molar-refractivity contribution in [2.45, 2.75) is 25.6 Å². The van der Waals surface area contributed by atoms with Gasteiger partial charge in [0, 0.05) is 19.1 Å². The van der Waals surface area contributed by atoms with E-state index in [4.69, 9.17) is 0 Å². The Morgan fingerprint density at radius 3 is 2.36 bits per heavy atom. The number of carboxylic acid groups (broad SMARTS) is 1. The summed E-state index contributed by atoms with van der Waals surface area (Å²) >= 11 is 0.369. The fraction of sp³-hybridized carbons (Fsp3) is 0.316. The van der Waals surface area contributed by atoms with Gasteiger partial charge in [-0.05, 0) is 16.3 Å². The van der Waals surface area contributed by atoms with E-state index in [0.717, 1.165) is 17.7 Å². The van der Waals surface area contributed by atoms with E-state index in [1.807, 2.05) is 23.5 Å². The molecule has 0 bridgehead atoms. The van der Waals surface area contributed by atoms with Crippen molar-refractivity contribution in [2.24, 2.45) is 5.92 Å². The molecule has 5 nitrogen and oxygen atoms in total. The highest BCUT2D eigenvalue weighted by Crippen LogP contribution is 2.30. The molecule has 2 atom stereocenters. The highest BCUT2D eigenvalue weighted by Gasteiger charge is 2.45. The highest BCUT2D eigenvalue weighted by molar-refractivity contribution is 8.13. The molecule has 0 aliphatic rings. The van der Waals surface area contributed by atoms with Gasteiger partial charge in [0.25, 0.3) is 0 Å². The Bertz CT molecular complexity index is 880. The Labute approximate surface area is 163 Å². The number of carbonyl (C=O) groups is 3. The van der Waals surface area contributed by atoms with E-state index >= 15 is 0 Å². The smallest absolute Gasteiger partial charge is 0.401 e. The number of aliphatic carboxylic acids is 1. The number of benzene rings is 2. The van der Waals surface area contributed by atoms with Crippen molar-refractivity contribution >= 4 is 39.5 Å². The molecule has 0 saturated carbocycles. The highest BCUT2D eigenvalue weighted by atomic mass is 32.2. The number of thioether (sulfide) groups is 1. The van der Waals surface area contributed by atoms with Crippen molar-refractivity contribution in [3.63, 3.8) is 0 Å². The third-order valence-electron chi connectivity index (χ3n) is 4.08. The van der Waals surface area contributed by atoms with Crippen molar-refractivity contribution in [1.82, 2.24) is 5.32 Å². The third kappa shape index (κ3) is 5.72. The molecule has 1 unspecified atom stereocenters. The number of alkyl halides is 3. The van der Waals surface area contributed by atoms with Crippen LogP contribution in [0.4, 0.5) is 13.2 Å². The van der Waals surface area contributed by atoms with Gasteiger partial charge in [0.05, 0.1) is 0 Å². The molecule has 9 heteroatoms. The zero-order chi connectivity index (χ0) is 20.9. The minimum atomic E-state index is -4.89. The molecule has 150 valence electrons. The summed E-state index contributed by atoms with van der Waals surface area (Å²) in [4.78, 5) is 34.7. The number of carbonyl (C=O) groups excluding carboxylic acids is 2.